The molecule has 4 heteroatoms. The summed E-state index contributed by atoms with van der Waals surface area (Å²) in [5.74, 6) is 0.873. The molecule has 0 spiro atoms. The van der Waals surface area contributed by atoms with Crippen LogP contribution in [-0.4, -0.2) is 22.8 Å². The van der Waals surface area contributed by atoms with Crippen molar-refractivity contribution in [3.8, 4) is 0 Å². The maximum Gasteiger partial charge on any atom is 0.220 e. The fourth-order valence-corrected chi connectivity index (χ4v) is 2.36. The highest BCUT2D eigenvalue weighted by Crippen LogP contribution is 2.19. The molecule has 1 fully saturated rings. The first kappa shape index (κ1) is 11.6. The van der Waals surface area contributed by atoms with Crippen LogP contribution >= 0.6 is 11.8 Å². The Bertz CT molecular complexity index is 218. The number of carbonyl (C=O) groups is 2. The molecule has 1 heterocycles. The van der Waals surface area contributed by atoms with Gasteiger partial charge < -0.3 is 5.32 Å². The largest absolute Gasteiger partial charge is 0.345 e. The molecule has 0 aromatic rings. The van der Waals surface area contributed by atoms with Crippen molar-refractivity contribution in [3.63, 3.8) is 0 Å². The predicted molar refractivity (Wildman–Crippen MR) is 58.2 cm³/mol. The number of carbonyl (C=O) groups excluding carboxylic acids is 2. The molecule has 0 aliphatic carbocycles. The Hall–Kier alpha value is -0.510. The van der Waals surface area contributed by atoms with Gasteiger partial charge in [-0.05, 0) is 12.8 Å². The van der Waals surface area contributed by atoms with Crippen LogP contribution < -0.4 is 5.32 Å². The maximum atomic E-state index is 11.3. The van der Waals surface area contributed by atoms with E-state index in [1.165, 1.54) is 11.8 Å². The minimum Gasteiger partial charge on any atom is -0.345 e. The second kappa shape index (κ2) is 6.06. The normalized spacial score (nSPS) is 21.2. The number of amides is 1. The van der Waals surface area contributed by atoms with Gasteiger partial charge in [-0.3, -0.25) is 9.59 Å². The summed E-state index contributed by atoms with van der Waals surface area (Å²) in [6, 6.07) is -0.214. The molecule has 0 radical (unpaired) electrons. The van der Waals surface area contributed by atoms with Gasteiger partial charge in [0.15, 0.2) is 0 Å². The summed E-state index contributed by atoms with van der Waals surface area (Å²) in [5, 5.41) is 2.90. The van der Waals surface area contributed by atoms with Crippen molar-refractivity contribution >= 4 is 22.8 Å². The number of hydrogen-bond acceptors (Lipinski definition) is 3. The van der Waals surface area contributed by atoms with E-state index in [1.54, 1.807) is 0 Å². The number of rotatable bonds is 5. The first-order chi connectivity index (χ1) is 6.74. The number of hydrogen-bond donors (Lipinski definition) is 1. The minimum absolute atomic E-state index is 0.0271. The second-order valence-corrected chi connectivity index (χ2v) is 4.63. The fourth-order valence-electron chi connectivity index (χ4n) is 1.43. The van der Waals surface area contributed by atoms with Crippen LogP contribution in [0.3, 0.4) is 0 Å². The predicted octanol–water partition coefficient (Wildman–Crippen LogP) is 1.71. The quantitative estimate of drug-likeness (QED) is 0.710. The van der Waals surface area contributed by atoms with Crippen LogP contribution in [0.25, 0.3) is 0 Å². The van der Waals surface area contributed by atoms with Gasteiger partial charge in [-0.2, -0.15) is 0 Å². The topological polar surface area (TPSA) is 46.2 Å². The average Bonchev–Trinajstić information content (AvgIpc) is 2.52. The third-order valence-electron chi connectivity index (χ3n) is 2.28. The lowest BCUT2D eigenvalue weighted by atomic mass is 10.2. The van der Waals surface area contributed by atoms with Crippen LogP contribution in [0.1, 0.15) is 39.0 Å². The van der Waals surface area contributed by atoms with Crippen molar-refractivity contribution in [2.45, 2.75) is 45.1 Å². The average molecular weight is 215 g/mol. The molecule has 14 heavy (non-hydrogen) atoms. The van der Waals surface area contributed by atoms with E-state index in [1.807, 2.05) is 0 Å². The van der Waals surface area contributed by atoms with Crippen LogP contribution in [0.15, 0.2) is 0 Å². The van der Waals surface area contributed by atoms with Crippen LogP contribution in [0.2, 0.25) is 0 Å². The Kier molecular flexibility index (Phi) is 5.01. The Morgan fingerprint density at radius 3 is 2.93 bits per heavy atom. The number of unbranched alkanes of at least 4 members (excludes halogenated alkanes) is 2. The zero-order valence-corrected chi connectivity index (χ0v) is 9.36. The van der Waals surface area contributed by atoms with Crippen molar-refractivity contribution in [2.75, 3.05) is 5.75 Å². The molecule has 1 N–H and O–H groups in total. The standard InChI is InChI=1S/C10H17NO2S/c1-2-3-4-5-9(12)11-8-6-7-14-10(8)13/h8H,2-7H2,1H3,(H,11,12)/t8-/m0/s1. The van der Waals surface area contributed by atoms with E-state index in [-0.39, 0.29) is 17.1 Å². The molecule has 3 nitrogen and oxygen atoms in total. The zero-order chi connectivity index (χ0) is 10.4. The van der Waals surface area contributed by atoms with Crippen molar-refractivity contribution in [1.29, 1.82) is 0 Å². The summed E-state index contributed by atoms with van der Waals surface area (Å²) in [6.07, 6.45) is 4.48. The molecule has 1 atom stereocenters. The van der Waals surface area contributed by atoms with Gasteiger partial charge in [-0.15, -0.1) is 0 Å². The van der Waals surface area contributed by atoms with E-state index >= 15 is 0 Å². The summed E-state index contributed by atoms with van der Waals surface area (Å²) < 4.78 is 0. The third-order valence-corrected chi connectivity index (χ3v) is 3.29. The van der Waals surface area contributed by atoms with Crippen molar-refractivity contribution in [2.24, 2.45) is 0 Å². The van der Waals surface area contributed by atoms with Gasteiger partial charge >= 0.3 is 0 Å². The summed E-state index contributed by atoms with van der Waals surface area (Å²) >= 11 is 1.32. The summed E-state index contributed by atoms with van der Waals surface area (Å²) in [6.45, 7) is 2.11. The highest BCUT2D eigenvalue weighted by molar-refractivity contribution is 8.14. The van der Waals surface area contributed by atoms with Crippen molar-refractivity contribution < 1.29 is 9.59 Å². The number of nitrogens with one attached hydrogen (secondary N) is 1. The van der Waals surface area contributed by atoms with Crippen LogP contribution in [-0.2, 0) is 9.59 Å². The molecule has 1 rings (SSSR count). The molecule has 0 bridgehead atoms. The lowest BCUT2D eigenvalue weighted by Gasteiger charge is -2.09. The molecule has 0 saturated carbocycles. The first-order valence-electron chi connectivity index (χ1n) is 5.20. The van der Waals surface area contributed by atoms with Crippen molar-refractivity contribution in [3.05, 3.63) is 0 Å². The van der Waals surface area contributed by atoms with Crippen LogP contribution in [0.5, 0.6) is 0 Å². The SMILES string of the molecule is CCCCCC(=O)N[C@H]1CCSC1=O. The molecular weight excluding hydrogens is 198 g/mol. The second-order valence-electron chi connectivity index (χ2n) is 3.53. The third kappa shape index (κ3) is 3.70. The van der Waals surface area contributed by atoms with Gasteiger partial charge in [0.1, 0.15) is 0 Å². The van der Waals surface area contributed by atoms with Crippen LogP contribution in [0, 0.1) is 0 Å². The van der Waals surface area contributed by atoms with E-state index in [4.69, 9.17) is 0 Å². The summed E-state index contributed by atoms with van der Waals surface area (Å²) in [7, 11) is 0. The molecule has 80 valence electrons. The van der Waals surface area contributed by atoms with Gasteiger partial charge in [-0.25, -0.2) is 0 Å². The van der Waals surface area contributed by atoms with E-state index in [0.29, 0.717) is 6.42 Å². The highest BCUT2D eigenvalue weighted by atomic mass is 32.2. The van der Waals surface area contributed by atoms with Gasteiger partial charge in [0.05, 0.1) is 6.04 Å². The van der Waals surface area contributed by atoms with Crippen molar-refractivity contribution in [1.82, 2.24) is 5.32 Å². The van der Waals surface area contributed by atoms with E-state index in [2.05, 4.69) is 12.2 Å². The zero-order valence-electron chi connectivity index (χ0n) is 8.54. The maximum absolute atomic E-state index is 11.3. The lowest BCUT2D eigenvalue weighted by Crippen LogP contribution is -2.36. The van der Waals surface area contributed by atoms with Gasteiger partial charge in [0, 0.05) is 12.2 Å². The van der Waals surface area contributed by atoms with Gasteiger partial charge in [0.25, 0.3) is 0 Å². The van der Waals surface area contributed by atoms with E-state index < -0.39 is 0 Å². The minimum atomic E-state index is -0.214. The molecule has 1 saturated heterocycles. The molecule has 1 amide bonds. The van der Waals surface area contributed by atoms with Gasteiger partial charge in [-0.1, -0.05) is 31.5 Å². The Morgan fingerprint density at radius 1 is 1.57 bits per heavy atom. The Labute approximate surface area is 89.0 Å². The molecule has 0 unspecified atom stereocenters. The first-order valence-corrected chi connectivity index (χ1v) is 6.18. The molecule has 0 aromatic heterocycles. The Balaban J connectivity index is 2.16. The summed E-state index contributed by atoms with van der Waals surface area (Å²) in [4.78, 5) is 22.5. The van der Waals surface area contributed by atoms with Gasteiger partial charge in [0.2, 0.25) is 11.0 Å². The summed E-state index contributed by atoms with van der Waals surface area (Å²) in [5.41, 5.74) is 0. The number of thioether (sulfide) groups is 1. The van der Waals surface area contributed by atoms with Crippen LogP contribution in [0.4, 0.5) is 0 Å². The fraction of sp³-hybridized carbons (Fsp3) is 0.800. The lowest BCUT2D eigenvalue weighted by molar-refractivity contribution is -0.124. The van der Waals surface area contributed by atoms with E-state index in [0.717, 1.165) is 31.4 Å². The molecular formula is C10H17NO2S. The molecule has 1 aliphatic rings. The molecule has 1 aliphatic heterocycles. The van der Waals surface area contributed by atoms with E-state index in [9.17, 15) is 9.59 Å². The highest BCUT2D eigenvalue weighted by Gasteiger charge is 2.26. The molecule has 0 aromatic carbocycles. The Morgan fingerprint density at radius 2 is 2.36 bits per heavy atom. The monoisotopic (exact) mass is 215 g/mol. The smallest absolute Gasteiger partial charge is 0.220 e.